The highest BCUT2D eigenvalue weighted by Gasteiger charge is 2.50. The first-order valence-electron chi connectivity index (χ1n) is 5.59. The number of cyclic esters (lactones) is 1. The molecule has 2 saturated heterocycles. The van der Waals surface area contributed by atoms with Gasteiger partial charge in [0.15, 0.2) is 0 Å². The highest BCUT2D eigenvalue weighted by atomic mass is 16.6. The van der Waals surface area contributed by atoms with Crippen LogP contribution in [0, 0.1) is 11.3 Å². The van der Waals surface area contributed by atoms with Gasteiger partial charge in [0.05, 0.1) is 24.7 Å². The smallest absolute Gasteiger partial charge is 0.316 e. The summed E-state index contributed by atoms with van der Waals surface area (Å²) in [5, 5.41) is 0. The van der Waals surface area contributed by atoms with Gasteiger partial charge >= 0.3 is 5.97 Å². The minimum atomic E-state index is -0.574. The standard InChI is InChI=1S/C13H18O3/c1-8(2)13(4)11(7-16-12(13)14)9(3)5-10-6-15-10/h5,10-11H,1,6-7H2,2-4H3/b9-5+. The Morgan fingerprint density at radius 2 is 2.12 bits per heavy atom. The molecular weight excluding hydrogens is 204 g/mol. The zero-order chi connectivity index (χ0) is 11.9. The third-order valence-corrected chi connectivity index (χ3v) is 3.75. The Kier molecular flexibility index (Phi) is 2.66. The Hall–Kier alpha value is -1.09. The highest BCUT2D eigenvalue weighted by molar-refractivity contribution is 5.83. The summed E-state index contributed by atoms with van der Waals surface area (Å²) in [4.78, 5) is 11.8. The van der Waals surface area contributed by atoms with Crippen LogP contribution in [0.4, 0.5) is 0 Å². The van der Waals surface area contributed by atoms with E-state index in [0.717, 1.165) is 12.2 Å². The molecule has 2 fully saturated rings. The second-order valence-corrected chi connectivity index (χ2v) is 4.92. The molecule has 0 saturated carbocycles. The molecule has 3 heteroatoms. The lowest BCUT2D eigenvalue weighted by Crippen LogP contribution is -2.31. The van der Waals surface area contributed by atoms with E-state index in [0.29, 0.717) is 6.61 Å². The lowest BCUT2D eigenvalue weighted by molar-refractivity contribution is -0.144. The predicted molar refractivity (Wildman–Crippen MR) is 60.9 cm³/mol. The van der Waals surface area contributed by atoms with Crippen molar-refractivity contribution in [3.05, 3.63) is 23.8 Å². The summed E-state index contributed by atoms with van der Waals surface area (Å²) in [6, 6.07) is 0. The Balaban J connectivity index is 2.26. The number of rotatable bonds is 3. The molecule has 0 aliphatic carbocycles. The SMILES string of the molecule is C=C(C)C1(C)C(=O)OCC1/C(C)=C/C1CO1. The van der Waals surface area contributed by atoms with Crippen LogP contribution in [0.2, 0.25) is 0 Å². The summed E-state index contributed by atoms with van der Waals surface area (Å²) in [6.07, 6.45) is 2.33. The van der Waals surface area contributed by atoms with Crippen molar-refractivity contribution >= 4 is 5.97 Å². The zero-order valence-corrected chi connectivity index (χ0v) is 10.1. The summed E-state index contributed by atoms with van der Waals surface area (Å²) in [6.45, 7) is 11.0. The van der Waals surface area contributed by atoms with Crippen molar-refractivity contribution < 1.29 is 14.3 Å². The zero-order valence-electron chi connectivity index (χ0n) is 10.1. The van der Waals surface area contributed by atoms with Crippen molar-refractivity contribution in [2.75, 3.05) is 13.2 Å². The molecule has 2 aliphatic rings. The topological polar surface area (TPSA) is 38.8 Å². The van der Waals surface area contributed by atoms with Crippen LogP contribution in [0.5, 0.6) is 0 Å². The predicted octanol–water partition coefficient (Wildman–Crippen LogP) is 2.09. The second-order valence-electron chi connectivity index (χ2n) is 4.92. The number of hydrogen-bond acceptors (Lipinski definition) is 3. The van der Waals surface area contributed by atoms with E-state index in [-0.39, 0.29) is 18.0 Å². The van der Waals surface area contributed by atoms with E-state index in [9.17, 15) is 4.79 Å². The number of hydrogen-bond donors (Lipinski definition) is 0. The highest BCUT2D eigenvalue weighted by Crippen LogP contribution is 2.44. The van der Waals surface area contributed by atoms with Gasteiger partial charge in [0.25, 0.3) is 0 Å². The molecule has 3 unspecified atom stereocenters. The Bertz CT molecular complexity index is 365. The molecule has 16 heavy (non-hydrogen) atoms. The monoisotopic (exact) mass is 222 g/mol. The third-order valence-electron chi connectivity index (χ3n) is 3.75. The van der Waals surface area contributed by atoms with Crippen molar-refractivity contribution in [1.29, 1.82) is 0 Å². The van der Waals surface area contributed by atoms with Gasteiger partial charge in [-0.2, -0.15) is 0 Å². The van der Waals surface area contributed by atoms with Gasteiger partial charge in [-0.15, -0.1) is 0 Å². The number of carbonyl (C=O) groups is 1. The molecular formula is C13H18O3. The van der Waals surface area contributed by atoms with Crippen molar-refractivity contribution in [2.45, 2.75) is 26.9 Å². The van der Waals surface area contributed by atoms with Crippen LogP contribution in [-0.2, 0) is 14.3 Å². The van der Waals surface area contributed by atoms with E-state index in [1.807, 2.05) is 20.8 Å². The average Bonchev–Trinajstić information content (AvgIpc) is 2.95. The summed E-state index contributed by atoms with van der Waals surface area (Å²) < 4.78 is 10.4. The van der Waals surface area contributed by atoms with Crippen molar-refractivity contribution in [3.63, 3.8) is 0 Å². The molecule has 0 aromatic rings. The van der Waals surface area contributed by atoms with Gasteiger partial charge in [0.1, 0.15) is 0 Å². The van der Waals surface area contributed by atoms with E-state index in [1.165, 1.54) is 5.57 Å². The minimum absolute atomic E-state index is 0.0988. The summed E-state index contributed by atoms with van der Waals surface area (Å²) in [5.41, 5.74) is 1.46. The van der Waals surface area contributed by atoms with Crippen LogP contribution < -0.4 is 0 Å². The maximum absolute atomic E-state index is 11.8. The minimum Gasteiger partial charge on any atom is -0.464 e. The van der Waals surface area contributed by atoms with Crippen molar-refractivity contribution in [3.8, 4) is 0 Å². The molecule has 2 aliphatic heterocycles. The Labute approximate surface area is 96.1 Å². The summed E-state index contributed by atoms with van der Waals surface area (Å²) in [5.74, 6) is -0.0591. The molecule has 0 radical (unpaired) electrons. The lowest BCUT2D eigenvalue weighted by Gasteiger charge is -2.27. The van der Waals surface area contributed by atoms with Crippen LogP contribution in [0.1, 0.15) is 20.8 Å². The molecule has 0 amide bonds. The first-order valence-corrected chi connectivity index (χ1v) is 5.59. The fourth-order valence-electron chi connectivity index (χ4n) is 2.24. The maximum atomic E-state index is 11.8. The van der Waals surface area contributed by atoms with Gasteiger partial charge in [-0.25, -0.2) is 0 Å². The van der Waals surface area contributed by atoms with Gasteiger partial charge in [0.2, 0.25) is 0 Å². The second kappa shape index (κ2) is 3.74. The Morgan fingerprint density at radius 1 is 1.50 bits per heavy atom. The molecule has 2 rings (SSSR count). The number of esters is 1. The number of carbonyl (C=O) groups excluding carboxylic acids is 1. The van der Waals surface area contributed by atoms with E-state index in [1.54, 1.807) is 0 Å². The first-order chi connectivity index (χ1) is 7.46. The number of ether oxygens (including phenoxy) is 2. The van der Waals surface area contributed by atoms with Gasteiger partial charge < -0.3 is 9.47 Å². The van der Waals surface area contributed by atoms with Crippen LogP contribution in [0.25, 0.3) is 0 Å². The lowest BCUT2D eigenvalue weighted by atomic mass is 9.71. The number of epoxide rings is 1. The summed E-state index contributed by atoms with van der Waals surface area (Å²) >= 11 is 0. The molecule has 88 valence electrons. The van der Waals surface area contributed by atoms with E-state index < -0.39 is 5.41 Å². The molecule has 0 aromatic heterocycles. The van der Waals surface area contributed by atoms with E-state index >= 15 is 0 Å². The van der Waals surface area contributed by atoms with E-state index in [4.69, 9.17) is 9.47 Å². The average molecular weight is 222 g/mol. The van der Waals surface area contributed by atoms with Crippen molar-refractivity contribution in [2.24, 2.45) is 11.3 Å². The fraction of sp³-hybridized carbons (Fsp3) is 0.615. The van der Waals surface area contributed by atoms with Crippen LogP contribution >= 0.6 is 0 Å². The van der Waals surface area contributed by atoms with Crippen molar-refractivity contribution in [1.82, 2.24) is 0 Å². The van der Waals surface area contributed by atoms with E-state index in [2.05, 4.69) is 12.7 Å². The molecule has 0 aromatic carbocycles. The molecule has 0 bridgehead atoms. The first kappa shape index (κ1) is 11.4. The van der Waals surface area contributed by atoms with Crippen LogP contribution in [0.15, 0.2) is 23.8 Å². The molecule has 3 atom stereocenters. The molecule has 0 N–H and O–H groups in total. The van der Waals surface area contributed by atoms with Gasteiger partial charge in [0, 0.05) is 5.92 Å². The van der Waals surface area contributed by atoms with Crippen LogP contribution in [0.3, 0.4) is 0 Å². The van der Waals surface area contributed by atoms with Gasteiger partial charge in [-0.3, -0.25) is 4.79 Å². The largest absolute Gasteiger partial charge is 0.464 e. The molecule has 2 heterocycles. The Morgan fingerprint density at radius 3 is 2.62 bits per heavy atom. The normalized spacial score (nSPS) is 38.4. The summed E-state index contributed by atoms with van der Waals surface area (Å²) in [7, 11) is 0. The maximum Gasteiger partial charge on any atom is 0.316 e. The van der Waals surface area contributed by atoms with Gasteiger partial charge in [-0.1, -0.05) is 23.8 Å². The fourth-order valence-corrected chi connectivity index (χ4v) is 2.24. The molecule has 0 spiro atoms. The third kappa shape index (κ3) is 1.69. The van der Waals surface area contributed by atoms with Crippen LogP contribution in [-0.4, -0.2) is 25.3 Å². The molecule has 3 nitrogen and oxygen atoms in total. The van der Waals surface area contributed by atoms with Gasteiger partial charge in [-0.05, 0) is 20.8 Å². The quantitative estimate of drug-likeness (QED) is 0.417.